The second-order valence-corrected chi connectivity index (χ2v) is 7.05. The average molecular weight is 386 g/mol. The molecule has 28 heavy (non-hydrogen) atoms. The highest BCUT2D eigenvalue weighted by molar-refractivity contribution is 5.87. The van der Waals surface area contributed by atoms with Crippen LogP contribution in [0, 0.1) is 0 Å². The average Bonchev–Trinajstić information content (AvgIpc) is 3.40. The van der Waals surface area contributed by atoms with Crippen LogP contribution >= 0.6 is 0 Å². The molecule has 1 saturated heterocycles. The van der Waals surface area contributed by atoms with Gasteiger partial charge in [0.05, 0.1) is 12.3 Å². The first-order valence-electron chi connectivity index (χ1n) is 9.66. The number of likely N-dealkylation sites (tertiary alicyclic amines) is 1. The molecule has 1 atom stereocenters. The van der Waals surface area contributed by atoms with Gasteiger partial charge in [-0.1, -0.05) is 30.3 Å². The maximum atomic E-state index is 12.9. The molecule has 1 aliphatic heterocycles. The predicted octanol–water partition coefficient (Wildman–Crippen LogP) is 4.96. The van der Waals surface area contributed by atoms with E-state index in [1.807, 2.05) is 42.5 Å². The molecule has 1 N–H and O–H groups in total. The van der Waals surface area contributed by atoms with Crippen LogP contribution < -0.4 is 10.1 Å². The Hall–Kier alpha value is -2.44. The second kappa shape index (κ2) is 8.71. The lowest BCUT2D eigenvalue weighted by molar-refractivity contribution is -0.0503. The molecule has 4 rings (SSSR count). The van der Waals surface area contributed by atoms with Gasteiger partial charge in [-0.2, -0.15) is 8.78 Å². The van der Waals surface area contributed by atoms with Crippen LogP contribution in [0.25, 0.3) is 10.8 Å². The summed E-state index contributed by atoms with van der Waals surface area (Å²) in [5, 5.41) is 5.37. The number of ether oxygens (including phenoxy) is 1. The number of rotatable bonds is 8. The van der Waals surface area contributed by atoms with Gasteiger partial charge in [0.15, 0.2) is 0 Å². The molecule has 0 spiro atoms. The highest BCUT2D eigenvalue weighted by Gasteiger charge is 2.25. The van der Waals surface area contributed by atoms with Crippen LogP contribution in [0.3, 0.4) is 0 Å². The number of fused-ring (bicyclic) bond motifs is 1. The number of halogens is 2. The fourth-order valence-electron chi connectivity index (χ4n) is 3.98. The molecule has 148 valence electrons. The third-order valence-electron chi connectivity index (χ3n) is 5.31. The van der Waals surface area contributed by atoms with Gasteiger partial charge in [-0.15, -0.1) is 0 Å². The number of nitrogens with zero attached hydrogens (tertiary/aromatic N) is 1. The number of furan rings is 1. The first kappa shape index (κ1) is 18.9. The van der Waals surface area contributed by atoms with Gasteiger partial charge in [0.25, 0.3) is 0 Å². The van der Waals surface area contributed by atoms with Crippen LogP contribution in [-0.4, -0.2) is 31.1 Å². The molecule has 1 unspecified atom stereocenters. The molecular weight excluding hydrogens is 362 g/mol. The smallest absolute Gasteiger partial charge is 0.387 e. The maximum absolute atomic E-state index is 12.9. The molecule has 0 amide bonds. The largest absolute Gasteiger partial charge is 0.468 e. The van der Waals surface area contributed by atoms with Crippen LogP contribution in [-0.2, 0) is 6.54 Å². The Bertz CT molecular complexity index is 893. The summed E-state index contributed by atoms with van der Waals surface area (Å²) in [5.41, 5.74) is 0.748. The molecule has 1 aliphatic rings. The molecule has 0 aliphatic carbocycles. The molecule has 1 aromatic heterocycles. The van der Waals surface area contributed by atoms with Crippen LogP contribution in [0.1, 0.15) is 30.2 Å². The summed E-state index contributed by atoms with van der Waals surface area (Å²) in [5.74, 6) is 1.15. The molecule has 3 aromatic rings. The van der Waals surface area contributed by atoms with Crippen molar-refractivity contribution in [3.63, 3.8) is 0 Å². The van der Waals surface area contributed by atoms with Gasteiger partial charge in [0.2, 0.25) is 0 Å². The van der Waals surface area contributed by atoms with E-state index in [0.717, 1.165) is 35.2 Å². The molecule has 0 bridgehead atoms. The van der Waals surface area contributed by atoms with Crippen molar-refractivity contribution in [1.82, 2.24) is 10.2 Å². The fraction of sp³-hybridized carbons (Fsp3) is 0.364. The lowest BCUT2D eigenvalue weighted by Crippen LogP contribution is -2.33. The summed E-state index contributed by atoms with van der Waals surface area (Å²) in [6, 6.07) is 15.2. The van der Waals surface area contributed by atoms with E-state index in [0.29, 0.717) is 13.1 Å². The minimum atomic E-state index is -2.85. The summed E-state index contributed by atoms with van der Waals surface area (Å²) >= 11 is 0. The zero-order valence-corrected chi connectivity index (χ0v) is 15.6. The van der Waals surface area contributed by atoms with Crippen molar-refractivity contribution in [2.24, 2.45) is 0 Å². The van der Waals surface area contributed by atoms with Crippen LogP contribution in [0.5, 0.6) is 5.75 Å². The minimum Gasteiger partial charge on any atom is -0.468 e. The van der Waals surface area contributed by atoms with Gasteiger partial charge in [0, 0.05) is 18.7 Å². The Labute approximate surface area is 163 Å². The number of alkyl halides is 2. The van der Waals surface area contributed by atoms with E-state index in [9.17, 15) is 8.78 Å². The van der Waals surface area contributed by atoms with Gasteiger partial charge >= 0.3 is 6.61 Å². The standard InChI is InChI=1S/C22H24F2N2O2/c23-22(24)28-20-10-9-16-6-1-2-7-17(16)18(20)14-25-15-19(21-8-5-13-27-21)26-11-3-4-12-26/h1-2,5-10,13,19,22,25H,3-4,11-12,14-15H2. The summed E-state index contributed by atoms with van der Waals surface area (Å²) in [6.07, 6.45) is 4.07. The number of hydrogen-bond acceptors (Lipinski definition) is 4. The summed E-state index contributed by atoms with van der Waals surface area (Å²) < 4.78 is 36.2. The molecular formula is C22H24F2N2O2. The van der Waals surface area contributed by atoms with Crippen molar-refractivity contribution < 1.29 is 17.9 Å². The van der Waals surface area contributed by atoms with E-state index >= 15 is 0 Å². The maximum Gasteiger partial charge on any atom is 0.387 e. The molecule has 4 nitrogen and oxygen atoms in total. The number of nitrogens with one attached hydrogen (secondary N) is 1. The van der Waals surface area contributed by atoms with E-state index in [2.05, 4.69) is 10.2 Å². The van der Waals surface area contributed by atoms with E-state index < -0.39 is 6.61 Å². The predicted molar refractivity (Wildman–Crippen MR) is 105 cm³/mol. The van der Waals surface area contributed by atoms with Gasteiger partial charge in [0.1, 0.15) is 11.5 Å². The number of hydrogen-bond donors (Lipinski definition) is 1. The first-order valence-corrected chi connectivity index (χ1v) is 9.66. The lowest BCUT2D eigenvalue weighted by atomic mass is 10.0. The lowest BCUT2D eigenvalue weighted by Gasteiger charge is -2.26. The summed E-state index contributed by atoms with van der Waals surface area (Å²) in [7, 11) is 0. The summed E-state index contributed by atoms with van der Waals surface area (Å²) in [6.45, 7) is 0.349. The quantitative estimate of drug-likeness (QED) is 0.594. The normalized spacial score (nSPS) is 16.1. The van der Waals surface area contributed by atoms with Crippen molar-refractivity contribution in [3.05, 3.63) is 66.1 Å². The zero-order valence-electron chi connectivity index (χ0n) is 15.6. The van der Waals surface area contributed by atoms with Crippen molar-refractivity contribution in [1.29, 1.82) is 0 Å². The number of benzene rings is 2. The van der Waals surface area contributed by atoms with Gasteiger partial charge < -0.3 is 14.5 Å². The Kier molecular flexibility index (Phi) is 5.88. The molecule has 2 heterocycles. The molecule has 2 aromatic carbocycles. The van der Waals surface area contributed by atoms with Crippen LogP contribution in [0.15, 0.2) is 59.2 Å². The fourth-order valence-corrected chi connectivity index (χ4v) is 3.98. The monoisotopic (exact) mass is 386 g/mol. The molecule has 6 heteroatoms. The molecule has 1 fully saturated rings. The highest BCUT2D eigenvalue weighted by Crippen LogP contribution is 2.30. The van der Waals surface area contributed by atoms with Crippen molar-refractivity contribution >= 4 is 10.8 Å². The Morgan fingerprint density at radius 3 is 2.61 bits per heavy atom. The Morgan fingerprint density at radius 2 is 1.86 bits per heavy atom. The van der Waals surface area contributed by atoms with Crippen LogP contribution in [0.2, 0.25) is 0 Å². The third kappa shape index (κ3) is 4.18. The zero-order chi connectivity index (χ0) is 19.3. The SMILES string of the molecule is FC(F)Oc1ccc2ccccc2c1CNCC(c1ccco1)N1CCCC1. The van der Waals surface area contributed by atoms with Crippen molar-refractivity contribution in [2.45, 2.75) is 32.0 Å². The second-order valence-electron chi connectivity index (χ2n) is 7.05. The molecule has 0 radical (unpaired) electrons. The van der Waals surface area contributed by atoms with Gasteiger partial charge in [-0.3, -0.25) is 4.90 Å². The van der Waals surface area contributed by atoms with Crippen LogP contribution in [0.4, 0.5) is 8.78 Å². The topological polar surface area (TPSA) is 37.6 Å². The van der Waals surface area contributed by atoms with Crippen molar-refractivity contribution in [3.8, 4) is 5.75 Å². The summed E-state index contributed by atoms with van der Waals surface area (Å²) in [4.78, 5) is 2.41. The van der Waals surface area contributed by atoms with E-state index in [-0.39, 0.29) is 11.8 Å². The molecule has 0 saturated carbocycles. The van der Waals surface area contributed by atoms with E-state index in [1.165, 1.54) is 12.8 Å². The minimum absolute atomic E-state index is 0.131. The highest BCUT2D eigenvalue weighted by atomic mass is 19.3. The van der Waals surface area contributed by atoms with Gasteiger partial charge in [-0.05, 0) is 54.9 Å². The van der Waals surface area contributed by atoms with E-state index in [1.54, 1.807) is 12.3 Å². The third-order valence-corrected chi connectivity index (χ3v) is 5.31. The Balaban J connectivity index is 1.54. The Morgan fingerprint density at radius 1 is 1.04 bits per heavy atom. The van der Waals surface area contributed by atoms with E-state index in [4.69, 9.17) is 9.15 Å². The van der Waals surface area contributed by atoms with Gasteiger partial charge in [-0.25, -0.2) is 0 Å². The first-order chi connectivity index (χ1) is 13.7. The van der Waals surface area contributed by atoms with Crippen molar-refractivity contribution in [2.75, 3.05) is 19.6 Å².